The van der Waals surface area contributed by atoms with Crippen LogP contribution >= 0.6 is 15.9 Å². The third-order valence-corrected chi connectivity index (χ3v) is 2.45. The highest BCUT2D eigenvalue weighted by molar-refractivity contribution is 9.08. The average Bonchev–Trinajstić information content (AvgIpc) is 2.25. The van der Waals surface area contributed by atoms with Crippen LogP contribution in [-0.4, -0.2) is 17.3 Å². The Morgan fingerprint density at radius 3 is 2.42 bits per heavy atom. The molecule has 1 amide bonds. The van der Waals surface area contributed by atoms with Crippen molar-refractivity contribution in [3.8, 4) is 5.75 Å². The summed E-state index contributed by atoms with van der Waals surface area (Å²) in [6.07, 6.45) is -8.48. The van der Waals surface area contributed by atoms with Crippen LogP contribution in [0.5, 0.6) is 5.75 Å². The van der Waals surface area contributed by atoms with Gasteiger partial charge in [0.15, 0.2) is 5.75 Å². The number of primary amides is 1. The van der Waals surface area contributed by atoms with E-state index in [9.17, 15) is 26.7 Å². The summed E-state index contributed by atoms with van der Waals surface area (Å²) in [4.78, 5) is 14.3. The van der Waals surface area contributed by atoms with Crippen molar-refractivity contribution in [2.75, 3.05) is 0 Å². The number of carbonyl (C=O) groups excluding carboxylic acids is 1. The molecule has 0 saturated heterocycles. The highest BCUT2D eigenvalue weighted by Crippen LogP contribution is 2.33. The van der Waals surface area contributed by atoms with Crippen LogP contribution < -0.4 is 10.5 Å². The average molecular weight is 349 g/mol. The van der Waals surface area contributed by atoms with Crippen LogP contribution in [0.4, 0.5) is 22.0 Å². The summed E-state index contributed by atoms with van der Waals surface area (Å²) < 4.78 is 64.9. The Balaban J connectivity index is 3.41. The van der Waals surface area contributed by atoms with Gasteiger partial charge in [0.2, 0.25) is 0 Å². The summed E-state index contributed by atoms with van der Waals surface area (Å²) >= 11 is 2.87. The van der Waals surface area contributed by atoms with Gasteiger partial charge < -0.3 is 10.5 Å². The molecule has 0 aliphatic carbocycles. The van der Waals surface area contributed by atoms with Crippen molar-refractivity contribution < 1.29 is 31.5 Å². The van der Waals surface area contributed by atoms with E-state index in [1.54, 1.807) is 0 Å². The molecule has 0 spiro atoms. The normalized spacial score (nSPS) is 11.7. The Kier molecular flexibility index (Phi) is 4.66. The smallest absolute Gasteiger partial charge is 0.404 e. The van der Waals surface area contributed by atoms with Gasteiger partial charge in [0.05, 0.1) is 11.3 Å². The van der Waals surface area contributed by atoms with Crippen LogP contribution in [0.15, 0.2) is 6.07 Å². The predicted octanol–water partition coefficient (Wildman–Crippen LogP) is 2.91. The molecule has 0 fully saturated rings. The zero-order valence-electron chi connectivity index (χ0n) is 8.97. The Morgan fingerprint density at radius 2 is 2.05 bits per heavy atom. The molecular weight excluding hydrogens is 343 g/mol. The van der Waals surface area contributed by atoms with E-state index in [0.29, 0.717) is 6.07 Å². The van der Waals surface area contributed by atoms with Gasteiger partial charge in [0, 0.05) is 5.33 Å². The summed E-state index contributed by atoms with van der Waals surface area (Å²) in [5, 5.41) is -0.128. The van der Waals surface area contributed by atoms with Gasteiger partial charge in [-0.25, -0.2) is 13.8 Å². The fourth-order valence-electron chi connectivity index (χ4n) is 1.23. The molecule has 0 saturated carbocycles. The van der Waals surface area contributed by atoms with E-state index in [0.717, 1.165) is 0 Å². The molecule has 1 heterocycles. The van der Waals surface area contributed by atoms with Gasteiger partial charge in [-0.15, -0.1) is 13.2 Å². The molecule has 1 aromatic rings. The number of nitrogens with zero attached hydrogens (tertiary/aromatic N) is 1. The van der Waals surface area contributed by atoms with Crippen LogP contribution in [0.1, 0.15) is 28.2 Å². The molecule has 1 aromatic heterocycles. The molecule has 0 radical (unpaired) electrons. The number of amides is 1. The van der Waals surface area contributed by atoms with Crippen LogP contribution in [0.3, 0.4) is 0 Å². The van der Waals surface area contributed by atoms with E-state index in [1.807, 2.05) is 0 Å². The maximum absolute atomic E-state index is 12.6. The van der Waals surface area contributed by atoms with Crippen molar-refractivity contribution >= 4 is 21.8 Å². The van der Waals surface area contributed by atoms with Crippen molar-refractivity contribution in [2.45, 2.75) is 18.1 Å². The number of halogens is 6. The summed E-state index contributed by atoms with van der Waals surface area (Å²) in [5.74, 6) is -2.35. The summed E-state index contributed by atoms with van der Waals surface area (Å²) in [5.41, 5.74) is 3.09. The van der Waals surface area contributed by atoms with Gasteiger partial charge in [-0.3, -0.25) is 4.79 Å². The molecule has 0 bridgehead atoms. The van der Waals surface area contributed by atoms with E-state index in [-0.39, 0.29) is 11.0 Å². The second-order valence-corrected chi connectivity index (χ2v) is 3.77. The van der Waals surface area contributed by atoms with E-state index >= 15 is 0 Å². The minimum absolute atomic E-state index is 0.128. The highest BCUT2D eigenvalue weighted by atomic mass is 79.9. The standard InChI is InChI=1S/C9H6BrF5N2O2/c10-2-4-3(8(16)18)1-5(19-9(13,14)15)6(17-4)7(11)12/h1,7H,2H2,(H2,16,18). The molecule has 19 heavy (non-hydrogen) atoms. The maximum Gasteiger partial charge on any atom is 0.573 e. The van der Waals surface area contributed by atoms with Crippen molar-refractivity contribution in [1.82, 2.24) is 4.98 Å². The molecule has 0 aliphatic rings. The van der Waals surface area contributed by atoms with Gasteiger partial charge in [0.1, 0.15) is 5.69 Å². The zero-order valence-corrected chi connectivity index (χ0v) is 10.6. The van der Waals surface area contributed by atoms with Crippen molar-refractivity contribution in [2.24, 2.45) is 5.73 Å². The lowest BCUT2D eigenvalue weighted by atomic mass is 10.1. The second-order valence-electron chi connectivity index (χ2n) is 3.21. The number of rotatable bonds is 4. The van der Waals surface area contributed by atoms with Crippen molar-refractivity contribution in [3.05, 3.63) is 23.0 Å². The van der Waals surface area contributed by atoms with E-state index in [1.165, 1.54) is 0 Å². The minimum Gasteiger partial charge on any atom is -0.404 e. The number of nitrogens with two attached hydrogens (primary N) is 1. The second kappa shape index (κ2) is 5.68. The number of ether oxygens (including phenoxy) is 1. The third-order valence-electron chi connectivity index (χ3n) is 1.92. The lowest BCUT2D eigenvalue weighted by molar-refractivity contribution is -0.275. The first-order valence-electron chi connectivity index (χ1n) is 4.59. The molecule has 1 rings (SSSR count). The van der Waals surface area contributed by atoms with Crippen LogP contribution in [0.25, 0.3) is 0 Å². The number of hydrogen-bond acceptors (Lipinski definition) is 3. The third kappa shape index (κ3) is 4.01. The molecular formula is C9H6BrF5N2O2. The first-order chi connectivity index (χ1) is 8.65. The Morgan fingerprint density at radius 1 is 1.47 bits per heavy atom. The summed E-state index contributed by atoms with van der Waals surface area (Å²) in [6.45, 7) is 0. The fourth-order valence-corrected chi connectivity index (χ4v) is 1.65. The van der Waals surface area contributed by atoms with Crippen LogP contribution in [-0.2, 0) is 5.33 Å². The summed E-state index contributed by atoms with van der Waals surface area (Å²) in [6, 6.07) is 0.501. The SMILES string of the molecule is NC(=O)c1cc(OC(F)(F)F)c(C(F)F)nc1CBr. The van der Waals surface area contributed by atoms with Crippen LogP contribution in [0.2, 0.25) is 0 Å². The number of alkyl halides is 6. The highest BCUT2D eigenvalue weighted by Gasteiger charge is 2.34. The lowest BCUT2D eigenvalue weighted by Crippen LogP contribution is -2.21. The molecule has 106 valence electrons. The maximum atomic E-state index is 12.6. The van der Waals surface area contributed by atoms with Crippen molar-refractivity contribution in [1.29, 1.82) is 0 Å². The summed E-state index contributed by atoms with van der Waals surface area (Å²) in [7, 11) is 0. The number of aromatic nitrogens is 1. The van der Waals surface area contributed by atoms with Gasteiger partial charge in [-0.05, 0) is 6.07 Å². The van der Waals surface area contributed by atoms with E-state index in [2.05, 4.69) is 25.7 Å². The monoisotopic (exact) mass is 348 g/mol. The van der Waals surface area contributed by atoms with E-state index in [4.69, 9.17) is 5.73 Å². The predicted molar refractivity (Wildman–Crippen MR) is 57.0 cm³/mol. The molecule has 10 heteroatoms. The first kappa shape index (κ1) is 15.6. The van der Waals surface area contributed by atoms with Crippen molar-refractivity contribution in [3.63, 3.8) is 0 Å². The van der Waals surface area contributed by atoms with E-state index < -0.39 is 35.7 Å². The molecule has 0 aromatic carbocycles. The Bertz CT molecular complexity index is 492. The topological polar surface area (TPSA) is 65.2 Å². The van der Waals surface area contributed by atoms with Gasteiger partial charge in [-0.1, -0.05) is 15.9 Å². The lowest BCUT2D eigenvalue weighted by Gasteiger charge is -2.14. The first-order valence-corrected chi connectivity index (χ1v) is 5.71. The van der Waals surface area contributed by atoms with Gasteiger partial charge in [0.25, 0.3) is 12.3 Å². The molecule has 0 aliphatic heterocycles. The zero-order chi connectivity index (χ0) is 14.8. The number of carbonyl (C=O) groups is 1. The van der Waals surface area contributed by atoms with Gasteiger partial charge in [-0.2, -0.15) is 0 Å². The molecule has 0 unspecified atom stereocenters. The molecule has 0 atom stereocenters. The van der Waals surface area contributed by atoms with Gasteiger partial charge >= 0.3 is 6.36 Å². The number of hydrogen-bond donors (Lipinski definition) is 1. The quantitative estimate of drug-likeness (QED) is 0.672. The molecule has 4 nitrogen and oxygen atoms in total. The number of pyridine rings is 1. The minimum atomic E-state index is -5.18. The molecule has 2 N–H and O–H groups in total. The fraction of sp³-hybridized carbons (Fsp3) is 0.333. The van der Waals surface area contributed by atoms with Crippen LogP contribution in [0, 0.1) is 0 Å². The Labute approximate surface area is 111 Å². The largest absolute Gasteiger partial charge is 0.573 e. The Hall–Kier alpha value is -1.45.